The molecule has 2 aliphatic rings. The highest BCUT2D eigenvalue weighted by Crippen LogP contribution is 2.33. The Balaban J connectivity index is 1.52. The number of carbonyl (C=O) groups excluding carboxylic acids is 2. The van der Waals surface area contributed by atoms with Gasteiger partial charge in [-0.1, -0.05) is 62.1 Å². The number of nitrogens with zero attached hydrogens (tertiary/aromatic N) is 1. The second kappa shape index (κ2) is 10.7. The summed E-state index contributed by atoms with van der Waals surface area (Å²) in [5.41, 5.74) is 1.48. The molecule has 2 aromatic carbocycles. The van der Waals surface area contributed by atoms with E-state index in [1.54, 1.807) is 24.3 Å². The van der Waals surface area contributed by atoms with E-state index in [1.807, 2.05) is 30.3 Å². The number of rotatable bonds is 9. The highest BCUT2D eigenvalue weighted by Gasteiger charge is 2.53. The van der Waals surface area contributed by atoms with Crippen LogP contribution in [0.25, 0.3) is 0 Å². The summed E-state index contributed by atoms with van der Waals surface area (Å²) in [5, 5.41) is 22.0. The van der Waals surface area contributed by atoms with Crippen molar-refractivity contribution in [2.75, 3.05) is 13.2 Å². The summed E-state index contributed by atoms with van der Waals surface area (Å²) in [6.07, 6.45) is -4.83. The number of aliphatic hydroxyl groups is 2. The van der Waals surface area contributed by atoms with Crippen LogP contribution in [0.5, 0.6) is 0 Å². The molecule has 0 saturated carbocycles. The Morgan fingerprint density at radius 1 is 0.914 bits per heavy atom. The molecule has 0 aliphatic carbocycles. The van der Waals surface area contributed by atoms with Crippen LogP contribution >= 0.6 is 0 Å². The van der Waals surface area contributed by atoms with Gasteiger partial charge in [0.25, 0.3) is 11.8 Å². The van der Waals surface area contributed by atoms with Crippen LogP contribution in [0.2, 0.25) is 25.7 Å². The van der Waals surface area contributed by atoms with Crippen molar-refractivity contribution >= 4 is 19.9 Å². The highest BCUT2D eigenvalue weighted by molar-refractivity contribution is 6.76. The molecule has 0 aromatic heterocycles. The van der Waals surface area contributed by atoms with Gasteiger partial charge in [0, 0.05) is 14.7 Å². The number of ether oxygens (including phenoxy) is 3. The first kappa shape index (κ1) is 25.7. The number of amides is 2. The molecule has 0 spiro atoms. The summed E-state index contributed by atoms with van der Waals surface area (Å²) >= 11 is 0. The van der Waals surface area contributed by atoms with Gasteiger partial charge in [-0.25, -0.2) is 0 Å². The zero-order valence-electron chi connectivity index (χ0n) is 20.3. The number of hydrogen-bond acceptors (Lipinski definition) is 7. The van der Waals surface area contributed by atoms with E-state index < -0.39 is 50.5 Å². The van der Waals surface area contributed by atoms with E-state index in [9.17, 15) is 19.8 Å². The highest BCUT2D eigenvalue weighted by atomic mass is 28.3. The van der Waals surface area contributed by atoms with Crippen molar-refractivity contribution in [1.82, 2.24) is 4.90 Å². The van der Waals surface area contributed by atoms with Gasteiger partial charge in [-0.2, -0.15) is 0 Å². The molecule has 1 saturated heterocycles. The minimum Gasteiger partial charge on any atom is -0.388 e. The van der Waals surface area contributed by atoms with Crippen molar-refractivity contribution in [1.29, 1.82) is 0 Å². The minimum absolute atomic E-state index is 0.00976. The van der Waals surface area contributed by atoms with Crippen LogP contribution in [-0.2, 0) is 20.8 Å². The average Bonchev–Trinajstić information content (AvgIpc) is 3.07. The van der Waals surface area contributed by atoms with Crippen molar-refractivity contribution in [3.63, 3.8) is 0 Å². The molecule has 188 valence electrons. The summed E-state index contributed by atoms with van der Waals surface area (Å²) in [6, 6.07) is 15.7. The van der Waals surface area contributed by atoms with Crippen LogP contribution in [0.3, 0.4) is 0 Å². The van der Waals surface area contributed by atoms with Crippen molar-refractivity contribution in [3.05, 3.63) is 71.3 Å². The minimum atomic E-state index is -1.46. The predicted octanol–water partition coefficient (Wildman–Crippen LogP) is 2.67. The topological polar surface area (TPSA) is 106 Å². The first-order chi connectivity index (χ1) is 16.7. The maximum absolute atomic E-state index is 13.1. The zero-order chi connectivity index (χ0) is 25.2. The number of fused-ring (bicyclic) bond motifs is 1. The van der Waals surface area contributed by atoms with E-state index in [4.69, 9.17) is 14.2 Å². The lowest BCUT2D eigenvalue weighted by Crippen LogP contribution is -2.66. The molecule has 2 heterocycles. The first-order valence-electron chi connectivity index (χ1n) is 11.9. The van der Waals surface area contributed by atoms with Gasteiger partial charge >= 0.3 is 0 Å². The fraction of sp³-hybridized carbons (Fsp3) is 0.462. The second-order valence-corrected chi connectivity index (χ2v) is 15.8. The van der Waals surface area contributed by atoms with Crippen molar-refractivity contribution < 1.29 is 34.0 Å². The molecule has 35 heavy (non-hydrogen) atoms. The smallest absolute Gasteiger partial charge is 0.262 e. The molecule has 2 N–H and O–H groups in total. The third kappa shape index (κ3) is 5.71. The van der Waals surface area contributed by atoms with E-state index in [1.165, 1.54) is 0 Å². The van der Waals surface area contributed by atoms with Crippen LogP contribution in [0.4, 0.5) is 0 Å². The van der Waals surface area contributed by atoms with Crippen LogP contribution in [0, 0.1) is 0 Å². The third-order valence-electron chi connectivity index (χ3n) is 6.32. The molecular formula is C26H33NO7Si. The fourth-order valence-electron chi connectivity index (χ4n) is 4.29. The molecule has 5 atom stereocenters. The SMILES string of the molecule is C[Si](C)(C)CCO[C@@H]1O[C@H](COCc2ccccc2)[C@@H](O)[C@H](O)[C@H]1N1C(=O)c2ccccc2C1=O. The van der Waals surface area contributed by atoms with Gasteiger partial charge < -0.3 is 24.4 Å². The van der Waals surface area contributed by atoms with Gasteiger partial charge in [0.1, 0.15) is 24.4 Å². The molecule has 2 amide bonds. The Labute approximate surface area is 206 Å². The summed E-state index contributed by atoms with van der Waals surface area (Å²) in [4.78, 5) is 27.2. The average molecular weight is 500 g/mol. The lowest BCUT2D eigenvalue weighted by atomic mass is 9.95. The largest absolute Gasteiger partial charge is 0.388 e. The second-order valence-electron chi connectivity index (χ2n) is 10.2. The molecule has 2 aromatic rings. The van der Waals surface area contributed by atoms with Crippen LogP contribution < -0.4 is 0 Å². The molecule has 1 fully saturated rings. The summed E-state index contributed by atoms with van der Waals surface area (Å²) in [6.45, 7) is 7.29. The molecule has 0 radical (unpaired) electrons. The normalized spacial score (nSPS) is 26.8. The molecule has 0 bridgehead atoms. The van der Waals surface area contributed by atoms with Crippen molar-refractivity contribution in [2.24, 2.45) is 0 Å². The fourth-order valence-corrected chi connectivity index (χ4v) is 5.02. The lowest BCUT2D eigenvalue weighted by molar-refractivity contribution is -0.280. The van der Waals surface area contributed by atoms with Crippen molar-refractivity contribution in [3.8, 4) is 0 Å². The van der Waals surface area contributed by atoms with Gasteiger partial charge in [0.05, 0.1) is 24.3 Å². The Kier molecular flexibility index (Phi) is 7.85. The Morgan fingerprint density at radius 3 is 2.11 bits per heavy atom. The van der Waals surface area contributed by atoms with Gasteiger partial charge in [0.2, 0.25) is 0 Å². The Bertz CT molecular complexity index is 1010. The first-order valence-corrected chi connectivity index (χ1v) is 15.6. The lowest BCUT2D eigenvalue weighted by Gasteiger charge is -2.45. The molecule has 8 nitrogen and oxygen atoms in total. The predicted molar refractivity (Wildman–Crippen MR) is 132 cm³/mol. The van der Waals surface area contributed by atoms with Gasteiger partial charge in [-0.3, -0.25) is 14.5 Å². The molecule has 0 unspecified atom stereocenters. The van der Waals surface area contributed by atoms with E-state index in [-0.39, 0.29) is 17.7 Å². The van der Waals surface area contributed by atoms with Gasteiger partial charge in [-0.15, -0.1) is 0 Å². The molecule has 9 heteroatoms. The van der Waals surface area contributed by atoms with E-state index in [0.717, 1.165) is 16.5 Å². The molecule has 4 rings (SSSR count). The monoisotopic (exact) mass is 499 g/mol. The van der Waals surface area contributed by atoms with E-state index in [0.29, 0.717) is 13.2 Å². The van der Waals surface area contributed by atoms with Crippen molar-refractivity contribution in [2.45, 2.75) is 62.9 Å². The number of aliphatic hydroxyl groups excluding tert-OH is 2. The van der Waals surface area contributed by atoms with E-state index >= 15 is 0 Å². The number of imide groups is 1. The molecule has 2 aliphatic heterocycles. The van der Waals surface area contributed by atoms with E-state index in [2.05, 4.69) is 19.6 Å². The third-order valence-corrected chi connectivity index (χ3v) is 8.02. The van der Waals surface area contributed by atoms with Crippen LogP contribution in [0.1, 0.15) is 26.3 Å². The summed E-state index contributed by atoms with van der Waals surface area (Å²) < 4.78 is 17.8. The summed E-state index contributed by atoms with van der Waals surface area (Å²) in [7, 11) is -1.44. The molecular weight excluding hydrogens is 466 g/mol. The van der Waals surface area contributed by atoms with Gasteiger partial charge in [0.15, 0.2) is 6.29 Å². The quantitative estimate of drug-likeness (QED) is 0.404. The Morgan fingerprint density at radius 2 is 1.51 bits per heavy atom. The number of benzene rings is 2. The zero-order valence-corrected chi connectivity index (χ0v) is 21.3. The summed E-state index contributed by atoms with van der Waals surface area (Å²) in [5.74, 6) is -1.08. The standard InChI is InChI=1S/C26H33NO7Si/c1-35(2,3)14-13-33-26-21(27-24(30)18-11-7-8-12-19(18)25(27)31)23(29)22(28)20(34-26)16-32-15-17-9-5-4-6-10-17/h4-12,20-23,26,28-29H,13-16H2,1-3H3/t20-,21-,22-,23-,26-/m1/s1. The Hall–Kier alpha value is -2.40. The maximum Gasteiger partial charge on any atom is 0.262 e. The number of hydrogen-bond donors (Lipinski definition) is 2. The van der Waals surface area contributed by atoms with Crippen LogP contribution in [-0.4, -0.2) is 78.9 Å². The number of carbonyl (C=O) groups is 2. The van der Waals surface area contributed by atoms with Gasteiger partial charge in [-0.05, 0) is 23.7 Å². The maximum atomic E-state index is 13.1. The van der Waals surface area contributed by atoms with Crippen LogP contribution in [0.15, 0.2) is 54.6 Å².